The summed E-state index contributed by atoms with van der Waals surface area (Å²) in [5, 5.41) is 3.54. The molecule has 0 spiro atoms. The van der Waals surface area contributed by atoms with Gasteiger partial charge in [-0.05, 0) is 26.7 Å². The van der Waals surface area contributed by atoms with Crippen LogP contribution in [-0.4, -0.2) is 29.1 Å². The maximum absolute atomic E-state index is 4.79. The number of hydrogen-bond donors (Lipinski definition) is 1. The van der Waals surface area contributed by atoms with Crippen molar-refractivity contribution < 1.29 is 0 Å². The summed E-state index contributed by atoms with van der Waals surface area (Å²) in [5.41, 5.74) is 2.30. The lowest BCUT2D eigenvalue weighted by atomic mass is 10.1. The summed E-state index contributed by atoms with van der Waals surface area (Å²) in [6, 6.07) is 0. The molecule has 0 saturated carbocycles. The first-order valence-electron chi connectivity index (χ1n) is 7.92. The quantitative estimate of drug-likeness (QED) is 0.870. The third-order valence-corrected chi connectivity index (χ3v) is 3.22. The van der Waals surface area contributed by atoms with E-state index in [4.69, 9.17) is 4.98 Å². The predicted molar refractivity (Wildman–Crippen MR) is 90.8 cm³/mol. The molecule has 0 radical (unpaired) electrons. The van der Waals surface area contributed by atoms with Gasteiger partial charge in [0.2, 0.25) is 0 Å². The number of anilines is 1. The number of rotatable bonds is 6. The monoisotopic (exact) mass is 292 g/mol. The van der Waals surface area contributed by atoms with E-state index in [0.717, 1.165) is 30.3 Å². The molecule has 0 fully saturated rings. The molecule has 0 amide bonds. The van der Waals surface area contributed by atoms with Gasteiger partial charge in [0, 0.05) is 31.6 Å². The maximum atomic E-state index is 4.79. The average molecular weight is 292 g/mol. The van der Waals surface area contributed by atoms with Gasteiger partial charge in [0.25, 0.3) is 0 Å². The van der Waals surface area contributed by atoms with Crippen molar-refractivity contribution in [3.8, 4) is 0 Å². The van der Waals surface area contributed by atoms with Crippen LogP contribution in [0.25, 0.3) is 0 Å². The van der Waals surface area contributed by atoms with E-state index >= 15 is 0 Å². The highest BCUT2D eigenvalue weighted by atomic mass is 15.1. The van der Waals surface area contributed by atoms with Crippen LogP contribution < -0.4 is 10.2 Å². The summed E-state index contributed by atoms with van der Waals surface area (Å²) in [6.07, 6.45) is 1.98. The van der Waals surface area contributed by atoms with Crippen LogP contribution >= 0.6 is 0 Å². The summed E-state index contributed by atoms with van der Waals surface area (Å²) >= 11 is 0. The Morgan fingerprint density at radius 2 is 1.81 bits per heavy atom. The van der Waals surface area contributed by atoms with E-state index in [2.05, 4.69) is 70.7 Å². The standard InChI is InChI=1S/C17H32N4/c1-12(2)11-21(8)15-10-18-16(13(3)4)20-14(15)9-19-17(5,6)7/h10,12-13,19H,9,11H2,1-8H3. The molecule has 0 bridgehead atoms. The minimum absolute atomic E-state index is 0.0802. The smallest absolute Gasteiger partial charge is 0.131 e. The fourth-order valence-corrected chi connectivity index (χ4v) is 2.15. The van der Waals surface area contributed by atoms with Gasteiger partial charge in [0.05, 0.1) is 17.6 Å². The van der Waals surface area contributed by atoms with Crippen molar-refractivity contribution in [3.05, 3.63) is 17.7 Å². The zero-order valence-electron chi connectivity index (χ0n) is 15.0. The second kappa shape index (κ2) is 7.21. The van der Waals surface area contributed by atoms with Gasteiger partial charge in [-0.2, -0.15) is 0 Å². The van der Waals surface area contributed by atoms with Gasteiger partial charge in [-0.1, -0.05) is 27.7 Å². The lowest BCUT2D eigenvalue weighted by Crippen LogP contribution is -2.36. The molecule has 0 unspecified atom stereocenters. The van der Waals surface area contributed by atoms with Gasteiger partial charge in [0.1, 0.15) is 5.82 Å². The van der Waals surface area contributed by atoms with Crippen LogP contribution in [-0.2, 0) is 6.54 Å². The second-order valence-electron chi connectivity index (χ2n) is 7.59. The predicted octanol–water partition coefficient (Wildman–Crippen LogP) is 3.58. The zero-order chi connectivity index (χ0) is 16.2. The van der Waals surface area contributed by atoms with Gasteiger partial charge in [-0.15, -0.1) is 0 Å². The molecule has 1 aromatic rings. The fraction of sp³-hybridized carbons (Fsp3) is 0.765. The first-order valence-corrected chi connectivity index (χ1v) is 7.92. The third-order valence-electron chi connectivity index (χ3n) is 3.22. The molecule has 1 rings (SSSR count). The largest absolute Gasteiger partial charge is 0.372 e. The summed E-state index contributed by atoms with van der Waals surface area (Å²) in [5.74, 6) is 1.88. The minimum atomic E-state index is 0.0802. The molecule has 0 aliphatic heterocycles. The number of nitrogens with zero attached hydrogens (tertiary/aromatic N) is 3. The van der Waals surface area contributed by atoms with Crippen LogP contribution in [0.2, 0.25) is 0 Å². The highest BCUT2D eigenvalue weighted by Crippen LogP contribution is 2.21. The van der Waals surface area contributed by atoms with Crippen molar-refractivity contribution in [1.29, 1.82) is 0 Å². The van der Waals surface area contributed by atoms with E-state index in [-0.39, 0.29) is 5.54 Å². The van der Waals surface area contributed by atoms with Crippen LogP contribution in [0, 0.1) is 5.92 Å². The normalized spacial score (nSPS) is 12.3. The molecule has 4 nitrogen and oxygen atoms in total. The second-order valence-corrected chi connectivity index (χ2v) is 7.59. The lowest BCUT2D eigenvalue weighted by Gasteiger charge is -2.26. The van der Waals surface area contributed by atoms with Crippen LogP contribution in [0.3, 0.4) is 0 Å². The van der Waals surface area contributed by atoms with Crippen molar-refractivity contribution in [3.63, 3.8) is 0 Å². The summed E-state index contributed by atoms with van der Waals surface area (Å²) in [4.78, 5) is 11.6. The summed E-state index contributed by atoms with van der Waals surface area (Å²) < 4.78 is 0. The van der Waals surface area contributed by atoms with Gasteiger partial charge in [0.15, 0.2) is 0 Å². The Bertz CT molecular complexity index is 447. The Labute approximate surface area is 130 Å². The first-order chi connectivity index (χ1) is 9.60. The molecular weight excluding hydrogens is 260 g/mol. The molecule has 0 atom stereocenters. The van der Waals surface area contributed by atoms with Crippen molar-refractivity contribution in [1.82, 2.24) is 15.3 Å². The molecule has 1 N–H and O–H groups in total. The molecule has 21 heavy (non-hydrogen) atoms. The Hall–Kier alpha value is -1.16. The van der Waals surface area contributed by atoms with Crippen molar-refractivity contribution in [2.24, 2.45) is 5.92 Å². The highest BCUT2D eigenvalue weighted by Gasteiger charge is 2.16. The van der Waals surface area contributed by atoms with Crippen LogP contribution in [0.15, 0.2) is 6.20 Å². The van der Waals surface area contributed by atoms with Crippen molar-refractivity contribution in [2.75, 3.05) is 18.5 Å². The van der Waals surface area contributed by atoms with Gasteiger partial charge in [-0.25, -0.2) is 9.97 Å². The first kappa shape index (κ1) is 17.9. The van der Waals surface area contributed by atoms with Crippen LogP contribution in [0.1, 0.15) is 65.9 Å². The van der Waals surface area contributed by atoms with E-state index in [1.54, 1.807) is 0 Å². The third kappa shape index (κ3) is 6.00. The van der Waals surface area contributed by atoms with Gasteiger partial charge < -0.3 is 10.2 Å². The van der Waals surface area contributed by atoms with Crippen molar-refractivity contribution >= 4 is 5.69 Å². The molecular formula is C17H32N4. The molecule has 1 aromatic heterocycles. The molecule has 0 aliphatic carbocycles. The Morgan fingerprint density at radius 3 is 2.29 bits per heavy atom. The van der Waals surface area contributed by atoms with E-state index in [9.17, 15) is 0 Å². The molecule has 0 aromatic carbocycles. The van der Waals surface area contributed by atoms with E-state index in [0.29, 0.717) is 11.8 Å². The van der Waals surface area contributed by atoms with Crippen LogP contribution in [0.4, 0.5) is 5.69 Å². The minimum Gasteiger partial charge on any atom is -0.372 e. The van der Waals surface area contributed by atoms with Gasteiger partial charge in [-0.3, -0.25) is 0 Å². The van der Waals surface area contributed by atoms with E-state index in [1.165, 1.54) is 0 Å². The molecule has 120 valence electrons. The fourth-order valence-electron chi connectivity index (χ4n) is 2.15. The lowest BCUT2D eigenvalue weighted by molar-refractivity contribution is 0.420. The number of hydrogen-bond acceptors (Lipinski definition) is 4. The molecule has 0 aliphatic rings. The van der Waals surface area contributed by atoms with Gasteiger partial charge >= 0.3 is 0 Å². The Balaban J connectivity index is 3.04. The molecule has 0 saturated heterocycles. The maximum Gasteiger partial charge on any atom is 0.131 e. The number of nitrogens with one attached hydrogen (secondary N) is 1. The van der Waals surface area contributed by atoms with Crippen molar-refractivity contribution in [2.45, 2.75) is 66.5 Å². The summed E-state index contributed by atoms with van der Waals surface area (Å²) in [7, 11) is 2.12. The zero-order valence-corrected chi connectivity index (χ0v) is 15.0. The Morgan fingerprint density at radius 1 is 1.19 bits per heavy atom. The summed E-state index contributed by atoms with van der Waals surface area (Å²) in [6.45, 7) is 17.0. The van der Waals surface area contributed by atoms with Crippen LogP contribution in [0.5, 0.6) is 0 Å². The average Bonchev–Trinajstić information content (AvgIpc) is 2.34. The topological polar surface area (TPSA) is 41.1 Å². The Kier molecular flexibility index (Phi) is 6.14. The highest BCUT2D eigenvalue weighted by molar-refractivity contribution is 5.48. The SMILES string of the molecule is CC(C)CN(C)c1cnc(C(C)C)nc1CNC(C)(C)C. The molecule has 4 heteroatoms. The number of aromatic nitrogens is 2. The van der Waals surface area contributed by atoms with E-state index < -0.39 is 0 Å². The molecule has 1 heterocycles. The van der Waals surface area contributed by atoms with E-state index in [1.807, 2.05) is 6.20 Å².